The Labute approximate surface area is 123 Å². The summed E-state index contributed by atoms with van der Waals surface area (Å²) in [5, 5.41) is 9.36. The lowest BCUT2D eigenvalue weighted by molar-refractivity contribution is -0.0750. The van der Waals surface area contributed by atoms with Crippen LogP contribution in [0.3, 0.4) is 0 Å². The molecule has 2 unspecified atom stereocenters. The predicted molar refractivity (Wildman–Crippen MR) is 76.0 cm³/mol. The van der Waals surface area contributed by atoms with Crippen molar-refractivity contribution >= 4 is 27.3 Å². The smallest absolute Gasteiger partial charge is 0.243 e. The number of benzene rings is 1. The summed E-state index contributed by atoms with van der Waals surface area (Å²) in [6.07, 6.45) is -0.794. The number of sulfonamides is 1. The van der Waals surface area contributed by atoms with Crippen LogP contribution in [0.4, 0.5) is 5.69 Å². The van der Waals surface area contributed by atoms with Crippen LogP contribution in [-0.4, -0.2) is 49.7 Å². The lowest BCUT2D eigenvalue weighted by Gasteiger charge is -2.35. The molecule has 112 valence electrons. The van der Waals surface area contributed by atoms with Crippen molar-refractivity contribution in [2.75, 3.05) is 25.4 Å². The summed E-state index contributed by atoms with van der Waals surface area (Å²) in [5.41, 5.74) is 5.91. The quantitative estimate of drug-likeness (QED) is 0.799. The van der Waals surface area contributed by atoms with Gasteiger partial charge in [-0.25, -0.2) is 8.42 Å². The molecule has 1 aliphatic rings. The summed E-state index contributed by atoms with van der Waals surface area (Å²) < 4.78 is 31.8. The molecular formula is C12H17ClN2O4S. The third kappa shape index (κ3) is 3.07. The Morgan fingerprint density at radius 2 is 2.20 bits per heavy atom. The molecule has 0 radical (unpaired) electrons. The van der Waals surface area contributed by atoms with Crippen LogP contribution in [-0.2, 0) is 14.8 Å². The first-order valence-corrected chi connectivity index (χ1v) is 7.98. The Balaban J connectivity index is 2.31. The average Bonchev–Trinajstić information content (AvgIpc) is 2.41. The number of aliphatic hydroxyl groups is 1. The van der Waals surface area contributed by atoms with E-state index >= 15 is 0 Å². The van der Waals surface area contributed by atoms with Gasteiger partial charge in [-0.1, -0.05) is 11.6 Å². The highest BCUT2D eigenvalue weighted by Gasteiger charge is 2.33. The largest absolute Gasteiger partial charge is 0.398 e. The standard InChI is InChI=1S/C12H17ClN2O4S/c1-8-5-15(6-9(7-16)19-8)20(17,18)10-2-3-12(14)11(13)4-10/h2-4,8-9,16H,5-7,14H2,1H3. The number of aliphatic hydroxyl groups excluding tert-OH is 1. The summed E-state index contributed by atoms with van der Waals surface area (Å²) in [5.74, 6) is 0. The van der Waals surface area contributed by atoms with Crippen molar-refractivity contribution < 1.29 is 18.3 Å². The van der Waals surface area contributed by atoms with Crippen molar-refractivity contribution in [3.05, 3.63) is 23.2 Å². The normalized spacial score (nSPS) is 24.8. The summed E-state index contributed by atoms with van der Waals surface area (Å²) in [7, 11) is -3.68. The molecule has 0 amide bonds. The van der Waals surface area contributed by atoms with Gasteiger partial charge in [-0.2, -0.15) is 4.31 Å². The van der Waals surface area contributed by atoms with E-state index in [-0.39, 0.29) is 35.7 Å². The first-order chi connectivity index (χ1) is 9.34. The number of anilines is 1. The summed E-state index contributed by atoms with van der Waals surface area (Å²) >= 11 is 5.87. The molecule has 0 aliphatic carbocycles. The zero-order chi connectivity index (χ0) is 14.9. The summed E-state index contributed by atoms with van der Waals surface area (Å²) in [4.78, 5) is 0.0856. The Bertz CT molecular complexity index is 593. The highest BCUT2D eigenvalue weighted by molar-refractivity contribution is 7.89. The molecule has 20 heavy (non-hydrogen) atoms. The van der Waals surface area contributed by atoms with Crippen LogP contribution >= 0.6 is 11.6 Å². The average molecular weight is 321 g/mol. The van der Waals surface area contributed by atoms with Crippen LogP contribution in [0.1, 0.15) is 6.92 Å². The molecule has 2 rings (SSSR count). The molecule has 8 heteroatoms. The van der Waals surface area contributed by atoms with Gasteiger partial charge >= 0.3 is 0 Å². The molecule has 0 saturated carbocycles. The Kier molecular flexibility index (Phi) is 4.55. The van der Waals surface area contributed by atoms with E-state index in [9.17, 15) is 8.42 Å². The van der Waals surface area contributed by atoms with Gasteiger partial charge in [-0.3, -0.25) is 0 Å². The second-order valence-electron chi connectivity index (χ2n) is 4.76. The SMILES string of the molecule is CC1CN(S(=O)(=O)c2ccc(N)c(Cl)c2)CC(CO)O1. The fourth-order valence-electron chi connectivity index (χ4n) is 2.12. The highest BCUT2D eigenvalue weighted by atomic mass is 35.5. The number of morpholine rings is 1. The van der Waals surface area contributed by atoms with Crippen molar-refractivity contribution in [1.29, 1.82) is 0 Å². The third-order valence-corrected chi connectivity index (χ3v) is 5.26. The number of halogens is 1. The van der Waals surface area contributed by atoms with E-state index in [4.69, 9.17) is 27.2 Å². The molecule has 0 spiro atoms. The minimum absolute atomic E-state index is 0.0856. The minimum Gasteiger partial charge on any atom is -0.398 e. The Morgan fingerprint density at radius 1 is 1.50 bits per heavy atom. The zero-order valence-corrected chi connectivity index (χ0v) is 12.6. The molecule has 0 bridgehead atoms. The van der Waals surface area contributed by atoms with Crippen molar-refractivity contribution in [1.82, 2.24) is 4.31 Å². The first kappa shape index (κ1) is 15.5. The Hall–Kier alpha value is -0.860. The highest BCUT2D eigenvalue weighted by Crippen LogP contribution is 2.26. The van der Waals surface area contributed by atoms with E-state index in [1.807, 2.05) is 0 Å². The monoisotopic (exact) mass is 320 g/mol. The van der Waals surface area contributed by atoms with Gasteiger partial charge < -0.3 is 15.6 Å². The predicted octanol–water partition coefficient (Wildman–Crippen LogP) is 0.693. The fraction of sp³-hybridized carbons (Fsp3) is 0.500. The number of hydrogen-bond acceptors (Lipinski definition) is 5. The van der Waals surface area contributed by atoms with Gasteiger partial charge in [0.25, 0.3) is 0 Å². The lowest BCUT2D eigenvalue weighted by atomic mass is 10.2. The van der Waals surface area contributed by atoms with E-state index in [0.29, 0.717) is 5.69 Å². The van der Waals surface area contributed by atoms with E-state index in [1.165, 1.54) is 22.5 Å². The number of nitrogens with zero attached hydrogens (tertiary/aromatic N) is 1. The van der Waals surface area contributed by atoms with E-state index < -0.39 is 16.1 Å². The molecule has 1 aromatic carbocycles. The van der Waals surface area contributed by atoms with Crippen LogP contribution in [0.15, 0.2) is 23.1 Å². The second-order valence-corrected chi connectivity index (χ2v) is 7.10. The number of rotatable bonds is 3. The number of nitrogen functional groups attached to an aromatic ring is 1. The number of nitrogens with two attached hydrogens (primary N) is 1. The van der Waals surface area contributed by atoms with Crippen molar-refractivity contribution in [3.8, 4) is 0 Å². The van der Waals surface area contributed by atoms with Crippen molar-refractivity contribution in [2.24, 2.45) is 0 Å². The molecule has 1 heterocycles. The van der Waals surface area contributed by atoms with Gasteiger partial charge in [-0.15, -0.1) is 0 Å². The van der Waals surface area contributed by atoms with Gasteiger partial charge in [0.2, 0.25) is 10.0 Å². The third-order valence-electron chi connectivity index (χ3n) is 3.11. The van der Waals surface area contributed by atoms with Crippen LogP contribution < -0.4 is 5.73 Å². The second kappa shape index (κ2) is 5.87. The van der Waals surface area contributed by atoms with Gasteiger partial charge in [0.05, 0.1) is 34.4 Å². The van der Waals surface area contributed by atoms with E-state index in [0.717, 1.165) is 0 Å². The minimum atomic E-state index is -3.68. The maximum Gasteiger partial charge on any atom is 0.243 e. The summed E-state index contributed by atoms with van der Waals surface area (Å²) in [6, 6.07) is 4.22. The molecule has 1 aliphatic heterocycles. The molecule has 0 aromatic heterocycles. The van der Waals surface area contributed by atoms with Gasteiger partial charge in [-0.05, 0) is 25.1 Å². The van der Waals surface area contributed by atoms with E-state index in [2.05, 4.69) is 0 Å². The molecular weight excluding hydrogens is 304 g/mol. The topological polar surface area (TPSA) is 92.9 Å². The molecule has 1 aromatic rings. The van der Waals surface area contributed by atoms with Gasteiger partial charge in [0.15, 0.2) is 0 Å². The fourth-order valence-corrected chi connectivity index (χ4v) is 3.94. The first-order valence-electron chi connectivity index (χ1n) is 6.16. The van der Waals surface area contributed by atoms with E-state index in [1.54, 1.807) is 6.92 Å². The summed E-state index contributed by atoms with van der Waals surface area (Å²) in [6.45, 7) is 1.89. The number of hydrogen-bond donors (Lipinski definition) is 2. The molecule has 6 nitrogen and oxygen atoms in total. The van der Waals surface area contributed by atoms with Crippen LogP contribution in [0, 0.1) is 0 Å². The van der Waals surface area contributed by atoms with Crippen molar-refractivity contribution in [2.45, 2.75) is 24.0 Å². The van der Waals surface area contributed by atoms with Crippen LogP contribution in [0.25, 0.3) is 0 Å². The number of ether oxygens (including phenoxy) is 1. The lowest BCUT2D eigenvalue weighted by Crippen LogP contribution is -2.50. The van der Waals surface area contributed by atoms with Gasteiger partial charge in [0.1, 0.15) is 0 Å². The van der Waals surface area contributed by atoms with Crippen molar-refractivity contribution in [3.63, 3.8) is 0 Å². The molecule has 1 saturated heterocycles. The zero-order valence-electron chi connectivity index (χ0n) is 11.0. The maximum absolute atomic E-state index is 12.5. The van der Waals surface area contributed by atoms with Gasteiger partial charge in [0, 0.05) is 13.1 Å². The molecule has 1 fully saturated rings. The molecule has 3 N–H and O–H groups in total. The Morgan fingerprint density at radius 3 is 2.80 bits per heavy atom. The maximum atomic E-state index is 12.5. The van der Waals surface area contributed by atoms with Crippen LogP contribution in [0.2, 0.25) is 5.02 Å². The van der Waals surface area contributed by atoms with Crippen LogP contribution in [0.5, 0.6) is 0 Å². The molecule has 2 atom stereocenters.